The molecule has 30 heavy (non-hydrogen) atoms. The van der Waals surface area contributed by atoms with Crippen LogP contribution in [0.1, 0.15) is 52.9 Å². The van der Waals surface area contributed by atoms with Gasteiger partial charge in [0.05, 0.1) is 18.2 Å². The Balaban J connectivity index is 1.43. The summed E-state index contributed by atoms with van der Waals surface area (Å²) in [5, 5.41) is 0. The van der Waals surface area contributed by atoms with Crippen LogP contribution in [0.3, 0.4) is 0 Å². The summed E-state index contributed by atoms with van der Waals surface area (Å²) in [6, 6.07) is 0.290. The number of likely N-dealkylation sites (tertiary alicyclic amines) is 1. The fourth-order valence-electron chi connectivity index (χ4n) is 11.2. The number of esters is 1. The summed E-state index contributed by atoms with van der Waals surface area (Å²) in [5.74, 6) is 1.98. The Morgan fingerprint density at radius 2 is 2.07 bits per heavy atom. The Hall–Kier alpha value is -0.690. The minimum absolute atomic E-state index is 0.00412. The number of hydrogen-bond acceptors (Lipinski definition) is 6. The lowest BCUT2D eigenvalue weighted by Crippen LogP contribution is -2.81. The van der Waals surface area contributed by atoms with Gasteiger partial charge in [0.25, 0.3) is 0 Å². The molecule has 4 heterocycles. The lowest BCUT2D eigenvalue weighted by Gasteiger charge is -2.71. The molecule has 6 nitrogen and oxygen atoms in total. The predicted molar refractivity (Wildman–Crippen MR) is 105 cm³/mol. The summed E-state index contributed by atoms with van der Waals surface area (Å²) in [6.07, 6.45) is 6.08. The summed E-state index contributed by atoms with van der Waals surface area (Å²) < 4.78 is 26.2. The summed E-state index contributed by atoms with van der Waals surface area (Å²) in [5.41, 5.74) is -0.249. The first-order chi connectivity index (χ1) is 14.4. The Kier molecular flexibility index (Phi) is 2.94. The van der Waals surface area contributed by atoms with Crippen LogP contribution in [0.2, 0.25) is 0 Å². The van der Waals surface area contributed by atoms with Gasteiger partial charge in [0.1, 0.15) is 24.1 Å². The van der Waals surface area contributed by atoms with E-state index in [1.165, 1.54) is 6.42 Å². The molecule has 3 spiro atoms. The number of carbonyl (C=O) groups excluding carboxylic acids is 1. The Labute approximate surface area is 177 Å². The monoisotopic (exact) mass is 415 g/mol. The summed E-state index contributed by atoms with van der Waals surface area (Å²) in [7, 11) is 0. The van der Waals surface area contributed by atoms with Crippen molar-refractivity contribution in [2.75, 3.05) is 19.9 Å². The van der Waals surface area contributed by atoms with Crippen molar-refractivity contribution >= 4 is 5.97 Å². The SMILES string of the molecule is CCN1C[C@]2(C)CC[C@H](OC(C)=O)[C@@]34[C@@H]5C[C@H]6[C@@H]7O[C@H]6C[C@@]6(OCO[C@]6(C[C@H]23)[C@@H]14)[C@@H]75. The maximum atomic E-state index is 12.3. The minimum Gasteiger partial charge on any atom is -0.462 e. The van der Waals surface area contributed by atoms with Gasteiger partial charge in [-0.2, -0.15) is 0 Å². The van der Waals surface area contributed by atoms with Crippen molar-refractivity contribution in [3.63, 3.8) is 0 Å². The first-order valence-electron chi connectivity index (χ1n) is 12.3. The molecule has 4 aliphatic carbocycles. The number of carbonyl (C=O) groups is 1. The first kappa shape index (κ1) is 17.8. The highest BCUT2D eigenvalue weighted by molar-refractivity contribution is 5.66. The zero-order valence-corrected chi connectivity index (χ0v) is 18.3. The van der Waals surface area contributed by atoms with Crippen LogP contribution in [0.4, 0.5) is 0 Å². The lowest BCUT2D eigenvalue weighted by atomic mass is 9.42. The molecule has 0 aromatic carbocycles. The van der Waals surface area contributed by atoms with Gasteiger partial charge in [-0.1, -0.05) is 13.8 Å². The van der Waals surface area contributed by atoms with Gasteiger partial charge in [0.15, 0.2) is 0 Å². The van der Waals surface area contributed by atoms with Crippen molar-refractivity contribution in [3.8, 4) is 0 Å². The van der Waals surface area contributed by atoms with E-state index in [1.54, 1.807) is 6.92 Å². The molecule has 0 aromatic rings. The average Bonchev–Trinajstić information content (AvgIpc) is 3.25. The summed E-state index contributed by atoms with van der Waals surface area (Å²) >= 11 is 0. The molecule has 6 heteroatoms. The molecule has 0 aromatic heterocycles. The van der Waals surface area contributed by atoms with Crippen molar-refractivity contribution in [1.82, 2.24) is 4.90 Å². The highest BCUT2D eigenvalue weighted by Crippen LogP contribution is 2.83. The Morgan fingerprint density at radius 3 is 2.87 bits per heavy atom. The average molecular weight is 416 g/mol. The quantitative estimate of drug-likeness (QED) is 0.646. The lowest BCUT2D eigenvalue weighted by molar-refractivity contribution is -0.322. The van der Waals surface area contributed by atoms with Crippen molar-refractivity contribution in [2.24, 2.45) is 34.5 Å². The molecule has 8 aliphatic rings. The third-order valence-corrected chi connectivity index (χ3v) is 11.6. The molecule has 0 N–H and O–H groups in total. The smallest absolute Gasteiger partial charge is 0.302 e. The van der Waals surface area contributed by atoms with Crippen LogP contribution in [0, 0.1) is 34.5 Å². The van der Waals surface area contributed by atoms with E-state index in [-0.39, 0.29) is 40.1 Å². The molecule has 0 unspecified atom stereocenters. The van der Waals surface area contributed by atoms with Crippen LogP contribution in [-0.4, -0.2) is 66.3 Å². The van der Waals surface area contributed by atoms with E-state index in [0.29, 0.717) is 42.7 Å². The van der Waals surface area contributed by atoms with Crippen LogP contribution in [0.25, 0.3) is 0 Å². The topological polar surface area (TPSA) is 57.2 Å². The molecule has 7 bridgehead atoms. The molecule has 164 valence electrons. The fraction of sp³-hybridized carbons (Fsp3) is 0.958. The zero-order chi connectivity index (χ0) is 20.3. The highest BCUT2D eigenvalue weighted by Gasteiger charge is 2.92. The van der Waals surface area contributed by atoms with E-state index in [2.05, 4.69) is 18.7 Å². The van der Waals surface area contributed by atoms with E-state index in [0.717, 1.165) is 38.8 Å². The van der Waals surface area contributed by atoms with Crippen LogP contribution in [0.15, 0.2) is 0 Å². The van der Waals surface area contributed by atoms with E-state index in [9.17, 15) is 4.79 Å². The number of piperidine rings is 1. The van der Waals surface area contributed by atoms with Gasteiger partial charge in [0, 0.05) is 37.1 Å². The van der Waals surface area contributed by atoms with Crippen LogP contribution < -0.4 is 0 Å². The Morgan fingerprint density at radius 1 is 1.23 bits per heavy atom. The minimum atomic E-state index is -0.273. The van der Waals surface area contributed by atoms with E-state index >= 15 is 0 Å². The van der Waals surface area contributed by atoms with Crippen LogP contribution in [0.5, 0.6) is 0 Å². The van der Waals surface area contributed by atoms with Gasteiger partial charge >= 0.3 is 5.97 Å². The molecular weight excluding hydrogens is 382 g/mol. The van der Waals surface area contributed by atoms with E-state index in [4.69, 9.17) is 18.9 Å². The van der Waals surface area contributed by atoms with Gasteiger partial charge in [-0.15, -0.1) is 0 Å². The van der Waals surface area contributed by atoms with Crippen molar-refractivity contribution in [2.45, 2.75) is 88.4 Å². The second-order valence-corrected chi connectivity index (χ2v) is 12.1. The first-order valence-corrected chi connectivity index (χ1v) is 12.3. The molecule has 4 aliphatic heterocycles. The fourth-order valence-corrected chi connectivity index (χ4v) is 11.2. The number of nitrogens with zero attached hydrogens (tertiary/aromatic N) is 1. The van der Waals surface area contributed by atoms with E-state index in [1.807, 2.05) is 0 Å². The van der Waals surface area contributed by atoms with Crippen LogP contribution >= 0.6 is 0 Å². The predicted octanol–water partition coefficient (Wildman–Crippen LogP) is 2.35. The molecule has 8 fully saturated rings. The molecule has 0 amide bonds. The van der Waals surface area contributed by atoms with Gasteiger partial charge in [-0.05, 0) is 49.5 Å². The molecule has 0 radical (unpaired) electrons. The number of ether oxygens (including phenoxy) is 4. The molecule has 8 rings (SSSR count). The molecule has 4 saturated heterocycles. The molecule has 12 atom stereocenters. The van der Waals surface area contributed by atoms with Gasteiger partial charge < -0.3 is 18.9 Å². The van der Waals surface area contributed by atoms with Crippen molar-refractivity contribution in [1.29, 1.82) is 0 Å². The standard InChI is InChI=1S/C24H33NO5/c1-4-25-10-21(3)6-5-17(29-12(2)26)24-14-7-13-15-8-22(18(14)19(13)30-15)23(20(24)25,9-16(21)24)28-11-27-22/h13-20H,4-11H2,1-3H3/t13-,14-,15+,16-,17+,18-,19+,20-,21+,22-,23-,24-/m1/s1. The van der Waals surface area contributed by atoms with Gasteiger partial charge in [-0.3, -0.25) is 9.69 Å². The number of likely N-dealkylation sites (N-methyl/N-ethyl adjacent to an activating group) is 1. The second-order valence-electron chi connectivity index (χ2n) is 12.1. The molecule has 4 saturated carbocycles. The normalized spacial score (nSPS) is 65.8. The van der Waals surface area contributed by atoms with Crippen LogP contribution in [-0.2, 0) is 23.7 Å². The second kappa shape index (κ2) is 4.95. The third-order valence-electron chi connectivity index (χ3n) is 11.6. The maximum Gasteiger partial charge on any atom is 0.302 e. The zero-order valence-electron chi connectivity index (χ0n) is 18.3. The number of hydrogen-bond donors (Lipinski definition) is 0. The largest absolute Gasteiger partial charge is 0.462 e. The third kappa shape index (κ3) is 1.47. The Bertz CT molecular complexity index is 865. The van der Waals surface area contributed by atoms with Gasteiger partial charge in [0.2, 0.25) is 0 Å². The highest BCUT2D eigenvalue weighted by atomic mass is 16.7. The maximum absolute atomic E-state index is 12.3. The summed E-state index contributed by atoms with van der Waals surface area (Å²) in [6.45, 7) is 8.98. The summed E-state index contributed by atoms with van der Waals surface area (Å²) in [4.78, 5) is 15.0. The van der Waals surface area contributed by atoms with E-state index < -0.39 is 0 Å². The number of fused-ring (bicyclic) bond motifs is 2. The molecular formula is C24H33NO5. The van der Waals surface area contributed by atoms with Crippen molar-refractivity contribution < 1.29 is 23.7 Å². The number of rotatable bonds is 2. The van der Waals surface area contributed by atoms with Crippen molar-refractivity contribution in [3.05, 3.63) is 0 Å². The van der Waals surface area contributed by atoms with Gasteiger partial charge in [-0.25, -0.2) is 0 Å².